The van der Waals surface area contributed by atoms with Gasteiger partial charge in [0.1, 0.15) is 0 Å². The van der Waals surface area contributed by atoms with E-state index in [2.05, 4.69) is 26.1 Å². The van der Waals surface area contributed by atoms with Crippen LogP contribution in [0, 0.1) is 5.41 Å². The summed E-state index contributed by atoms with van der Waals surface area (Å²) < 4.78 is 0. The van der Waals surface area contributed by atoms with E-state index in [0.29, 0.717) is 0 Å². The Morgan fingerprint density at radius 2 is 2.00 bits per heavy atom. The lowest BCUT2D eigenvalue weighted by atomic mass is 9.87. The third-order valence-corrected chi connectivity index (χ3v) is 2.06. The Bertz CT molecular complexity index is 79.0. The number of nitrogens with one attached hydrogen (secondary N) is 1. The van der Waals surface area contributed by atoms with E-state index in [0.717, 1.165) is 6.42 Å². The molecule has 2 nitrogen and oxygen atoms in total. The highest BCUT2D eigenvalue weighted by Gasteiger charge is 2.21. The van der Waals surface area contributed by atoms with Crippen molar-refractivity contribution in [1.82, 2.24) is 5.32 Å². The summed E-state index contributed by atoms with van der Waals surface area (Å²) in [5, 5.41) is 3.03. The summed E-state index contributed by atoms with van der Waals surface area (Å²) in [4.78, 5) is 0. The first kappa shape index (κ1) is 8.92. The van der Waals surface area contributed by atoms with Crippen molar-refractivity contribution in [3.05, 3.63) is 0 Å². The molecule has 0 aliphatic carbocycles. The molecule has 0 bridgehead atoms. The molecule has 0 spiro atoms. The summed E-state index contributed by atoms with van der Waals surface area (Å²) in [7, 11) is 1.89. The quantitative estimate of drug-likeness (QED) is 0.558. The average Bonchev–Trinajstić information content (AvgIpc) is 1.86. The second-order valence-electron chi connectivity index (χ2n) is 3.11. The molecule has 0 radical (unpaired) electrons. The summed E-state index contributed by atoms with van der Waals surface area (Å²) in [6.45, 7) is 6.47. The smallest absolute Gasteiger partial charge is 0.0596 e. The van der Waals surface area contributed by atoms with E-state index in [1.807, 2.05) is 7.05 Å². The van der Waals surface area contributed by atoms with Crippen LogP contribution < -0.4 is 11.1 Å². The normalized spacial score (nSPS) is 15.7. The molecule has 0 rings (SSSR count). The fourth-order valence-electron chi connectivity index (χ4n) is 0.611. The van der Waals surface area contributed by atoms with E-state index in [1.54, 1.807) is 0 Å². The molecule has 0 amide bonds. The molecule has 0 saturated heterocycles. The van der Waals surface area contributed by atoms with Crippen LogP contribution in [0.15, 0.2) is 0 Å². The first-order chi connectivity index (χ1) is 4.04. The number of hydrogen-bond acceptors (Lipinski definition) is 2. The lowest BCUT2D eigenvalue weighted by molar-refractivity contribution is 0.247. The van der Waals surface area contributed by atoms with Gasteiger partial charge in [-0.2, -0.15) is 0 Å². The van der Waals surface area contributed by atoms with Gasteiger partial charge >= 0.3 is 0 Å². The highest BCUT2D eigenvalue weighted by Crippen LogP contribution is 2.20. The zero-order valence-electron chi connectivity index (χ0n) is 6.86. The van der Waals surface area contributed by atoms with Crippen LogP contribution in [0.3, 0.4) is 0 Å². The van der Waals surface area contributed by atoms with Crippen molar-refractivity contribution in [2.75, 3.05) is 7.05 Å². The summed E-state index contributed by atoms with van der Waals surface area (Å²) in [5.74, 6) is 0. The van der Waals surface area contributed by atoms with Gasteiger partial charge in [0.25, 0.3) is 0 Å². The summed E-state index contributed by atoms with van der Waals surface area (Å²) >= 11 is 0. The average molecular weight is 130 g/mol. The zero-order valence-corrected chi connectivity index (χ0v) is 6.86. The predicted molar refractivity (Wildman–Crippen MR) is 41.1 cm³/mol. The fourth-order valence-corrected chi connectivity index (χ4v) is 0.611. The summed E-state index contributed by atoms with van der Waals surface area (Å²) in [5.41, 5.74) is 5.97. The van der Waals surface area contributed by atoms with Crippen LogP contribution in [0.4, 0.5) is 0 Å². The third kappa shape index (κ3) is 2.33. The topological polar surface area (TPSA) is 38.0 Å². The van der Waals surface area contributed by atoms with Crippen LogP contribution in [0.2, 0.25) is 0 Å². The van der Waals surface area contributed by atoms with Crippen molar-refractivity contribution in [2.24, 2.45) is 11.1 Å². The summed E-state index contributed by atoms with van der Waals surface area (Å²) in [6, 6.07) is 0. The molecule has 1 unspecified atom stereocenters. The van der Waals surface area contributed by atoms with Gasteiger partial charge in [0, 0.05) is 0 Å². The standard InChI is InChI=1S/C7H18N2/c1-5-7(2,3)6(8)9-4/h6,9H,5,8H2,1-4H3. The molecule has 0 fully saturated rings. The van der Waals surface area contributed by atoms with Gasteiger partial charge in [0.2, 0.25) is 0 Å². The maximum atomic E-state index is 5.75. The SMILES string of the molecule is CCC(C)(C)C(N)NC. The van der Waals surface area contributed by atoms with Crippen molar-refractivity contribution < 1.29 is 0 Å². The van der Waals surface area contributed by atoms with Crippen LogP contribution in [0.1, 0.15) is 27.2 Å². The largest absolute Gasteiger partial charge is 0.315 e. The van der Waals surface area contributed by atoms with Gasteiger partial charge in [0.05, 0.1) is 6.17 Å². The number of nitrogens with two attached hydrogens (primary N) is 1. The van der Waals surface area contributed by atoms with Gasteiger partial charge in [-0.05, 0) is 18.9 Å². The Balaban J connectivity index is 3.80. The van der Waals surface area contributed by atoms with Crippen LogP contribution in [-0.4, -0.2) is 13.2 Å². The molecule has 0 saturated carbocycles. The molecule has 0 aromatic rings. The van der Waals surface area contributed by atoms with Crippen molar-refractivity contribution in [3.63, 3.8) is 0 Å². The van der Waals surface area contributed by atoms with Gasteiger partial charge in [-0.25, -0.2) is 0 Å². The van der Waals surface area contributed by atoms with Crippen LogP contribution in [-0.2, 0) is 0 Å². The van der Waals surface area contributed by atoms with Crippen molar-refractivity contribution in [1.29, 1.82) is 0 Å². The minimum absolute atomic E-state index is 0.113. The molecule has 0 aliphatic rings. The maximum absolute atomic E-state index is 5.75. The minimum Gasteiger partial charge on any atom is -0.315 e. The number of rotatable bonds is 3. The van der Waals surface area contributed by atoms with Crippen molar-refractivity contribution in [3.8, 4) is 0 Å². The van der Waals surface area contributed by atoms with E-state index in [-0.39, 0.29) is 11.6 Å². The first-order valence-corrected chi connectivity index (χ1v) is 3.47. The van der Waals surface area contributed by atoms with E-state index < -0.39 is 0 Å². The molecule has 56 valence electrons. The maximum Gasteiger partial charge on any atom is 0.0596 e. The Labute approximate surface area is 57.8 Å². The van der Waals surface area contributed by atoms with E-state index in [9.17, 15) is 0 Å². The Hall–Kier alpha value is -0.0800. The van der Waals surface area contributed by atoms with Gasteiger partial charge in [-0.1, -0.05) is 20.8 Å². The second-order valence-corrected chi connectivity index (χ2v) is 3.11. The van der Waals surface area contributed by atoms with E-state index in [1.165, 1.54) is 0 Å². The van der Waals surface area contributed by atoms with Crippen LogP contribution in [0.25, 0.3) is 0 Å². The molecule has 0 heterocycles. The minimum atomic E-state index is 0.113. The van der Waals surface area contributed by atoms with Gasteiger partial charge in [0.15, 0.2) is 0 Å². The molecule has 2 heteroatoms. The molecule has 3 N–H and O–H groups in total. The first-order valence-electron chi connectivity index (χ1n) is 3.47. The van der Waals surface area contributed by atoms with Gasteiger partial charge in [-0.3, -0.25) is 0 Å². The zero-order chi connectivity index (χ0) is 7.49. The highest BCUT2D eigenvalue weighted by atomic mass is 15.0. The van der Waals surface area contributed by atoms with Crippen molar-refractivity contribution >= 4 is 0 Å². The Kier molecular flexibility index (Phi) is 3.15. The molecular weight excluding hydrogens is 112 g/mol. The fraction of sp³-hybridized carbons (Fsp3) is 1.00. The molecule has 0 aromatic carbocycles. The van der Waals surface area contributed by atoms with Crippen molar-refractivity contribution in [2.45, 2.75) is 33.4 Å². The third-order valence-electron chi connectivity index (χ3n) is 2.06. The van der Waals surface area contributed by atoms with E-state index in [4.69, 9.17) is 5.73 Å². The highest BCUT2D eigenvalue weighted by molar-refractivity contribution is 4.76. The lowest BCUT2D eigenvalue weighted by Gasteiger charge is -2.29. The van der Waals surface area contributed by atoms with Gasteiger partial charge < -0.3 is 11.1 Å². The molecule has 0 aliphatic heterocycles. The van der Waals surface area contributed by atoms with Gasteiger partial charge in [-0.15, -0.1) is 0 Å². The Morgan fingerprint density at radius 1 is 1.56 bits per heavy atom. The molecule has 1 atom stereocenters. The monoisotopic (exact) mass is 130 g/mol. The summed E-state index contributed by atoms with van der Waals surface area (Å²) in [6.07, 6.45) is 1.22. The van der Waals surface area contributed by atoms with Crippen LogP contribution in [0.5, 0.6) is 0 Å². The molecular formula is C7H18N2. The van der Waals surface area contributed by atoms with Crippen LogP contribution >= 0.6 is 0 Å². The molecule has 9 heavy (non-hydrogen) atoms. The van der Waals surface area contributed by atoms with E-state index >= 15 is 0 Å². The molecule has 0 aromatic heterocycles. The second kappa shape index (κ2) is 3.18. The lowest BCUT2D eigenvalue weighted by Crippen LogP contribution is -2.46. The number of hydrogen-bond donors (Lipinski definition) is 2. The Morgan fingerprint density at radius 3 is 2.11 bits per heavy atom. The predicted octanol–water partition coefficient (Wildman–Crippen LogP) is 0.927.